The Morgan fingerprint density at radius 2 is 1.77 bits per heavy atom. The Morgan fingerprint density at radius 3 is 2.42 bits per heavy atom. The quantitative estimate of drug-likeness (QED) is 0.709. The number of nitrogens with one attached hydrogen (secondary N) is 1. The first-order valence-corrected chi connectivity index (χ1v) is 7.76. The summed E-state index contributed by atoms with van der Waals surface area (Å²) in [5.74, 6) is 0.276. The van der Waals surface area contributed by atoms with Crippen molar-refractivity contribution in [2.24, 2.45) is 0 Å². The molecule has 2 rings (SSSR count). The SMILES string of the molecule is COc1cc(Cl)c(NC(=O)/C=C/c2ccccc2OC(F)F)cc1OC. The predicted molar refractivity (Wildman–Crippen MR) is 95.3 cm³/mol. The number of carbonyl (C=O) groups is 1. The maximum atomic E-state index is 12.4. The Hall–Kier alpha value is -2.80. The molecule has 0 fully saturated rings. The van der Waals surface area contributed by atoms with Crippen LogP contribution < -0.4 is 19.5 Å². The highest BCUT2D eigenvalue weighted by atomic mass is 35.5. The van der Waals surface area contributed by atoms with E-state index in [1.54, 1.807) is 18.2 Å². The van der Waals surface area contributed by atoms with Crippen molar-refractivity contribution < 1.29 is 27.8 Å². The standard InChI is InChI=1S/C18H16ClF2NO4/c1-24-15-9-12(19)13(10-16(15)25-2)22-17(23)8-7-11-5-3-4-6-14(11)26-18(20)21/h3-10,18H,1-2H3,(H,22,23)/b8-7+. The Balaban J connectivity index is 2.16. The first-order valence-electron chi connectivity index (χ1n) is 7.39. The molecule has 1 amide bonds. The zero-order chi connectivity index (χ0) is 19.1. The summed E-state index contributed by atoms with van der Waals surface area (Å²) < 4.78 is 39.5. The molecule has 0 bridgehead atoms. The van der Waals surface area contributed by atoms with E-state index in [0.29, 0.717) is 22.7 Å². The van der Waals surface area contributed by atoms with Crippen molar-refractivity contribution in [3.63, 3.8) is 0 Å². The molecule has 5 nitrogen and oxygen atoms in total. The second kappa shape index (κ2) is 9.05. The summed E-state index contributed by atoms with van der Waals surface area (Å²) >= 11 is 6.10. The Labute approximate surface area is 154 Å². The largest absolute Gasteiger partial charge is 0.493 e. The molecule has 0 aliphatic heterocycles. The van der Waals surface area contributed by atoms with Gasteiger partial charge in [-0.15, -0.1) is 0 Å². The molecule has 0 spiro atoms. The van der Waals surface area contributed by atoms with E-state index in [-0.39, 0.29) is 10.8 Å². The zero-order valence-electron chi connectivity index (χ0n) is 14.0. The monoisotopic (exact) mass is 383 g/mol. The minimum absolute atomic E-state index is 0.0318. The van der Waals surface area contributed by atoms with Crippen LogP contribution >= 0.6 is 11.6 Å². The molecule has 0 aliphatic rings. The van der Waals surface area contributed by atoms with Gasteiger partial charge in [0.2, 0.25) is 5.91 Å². The highest BCUT2D eigenvalue weighted by Crippen LogP contribution is 2.36. The first-order chi connectivity index (χ1) is 12.4. The number of amides is 1. The van der Waals surface area contributed by atoms with Gasteiger partial charge in [0.1, 0.15) is 5.75 Å². The van der Waals surface area contributed by atoms with Gasteiger partial charge in [0.15, 0.2) is 11.5 Å². The molecule has 138 valence electrons. The number of anilines is 1. The minimum atomic E-state index is -2.95. The normalized spacial score (nSPS) is 10.8. The van der Waals surface area contributed by atoms with Crippen molar-refractivity contribution in [1.29, 1.82) is 0 Å². The van der Waals surface area contributed by atoms with Crippen LogP contribution in [0.5, 0.6) is 17.2 Å². The Kier molecular flexibility index (Phi) is 6.80. The summed E-state index contributed by atoms with van der Waals surface area (Å²) in [6.45, 7) is -2.95. The topological polar surface area (TPSA) is 56.8 Å². The molecular weight excluding hydrogens is 368 g/mol. The van der Waals surface area contributed by atoms with Gasteiger partial charge < -0.3 is 19.5 Å². The highest BCUT2D eigenvalue weighted by molar-refractivity contribution is 6.34. The molecule has 0 heterocycles. The average Bonchev–Trinajstić information content (AvgIpc) is 2.61. The van der Waals surface area contributed by atoms with Gasteiger partial charge in [0.05, 0.1) is 24.9 Å². The van der Waals surface area contributed by atoms with Gasteiger partial charge in [-0.2, -0.15) is 8.78 Å². The van der Waals surface area contributed by atoms with Gasteiger partial charge >= 0.3 is 6.61 Å². The number of ether oxygens (including phenoxy) is 3. The van der Waals surface area contributed by atoms with Gasteiger partial charge in [0.25, 0.3) is 0 Å². The van der Waals surface area contributed by atoms with Crippen LogP contribution in [-0.4, -0.2) is 26.7 Å². The third-order valence-corrected chi connectivity index (χ3v) is 3.59. The van der Waals surface area contributed by atoms with Crippen molar-refractivity contribution in [2.75, 3.05) is 19.5 Å². The van der Waals surface area contributed by atoms with Crippen molar-refractivity contribution >= 4 is 29.3 Å². The van der Waals surface area contributed by atoms with Crippen LogP contribution in [-0.2, 0) is 4.79 Å². The van der Waals surface area contributed by atoms with Gasteiger partial charge in [-0.05, 0) is 12.1 Å². The van der Waals surface area contributed by atoms with Crippen LogP contribution in [0.3, 0.4) is 0 Å². The number of rotatable bonds is 7. The zero-order valence-corrected chi connectivity index (χ0v) is 14.7. The van der Waals surface area contributed by atoms with Crippen molar-refractivity contribution in [3.05, 3.63) is 53.1 Å². The van der Waals surface area contributed by atoms with E-state index < -0.39 is 12.5 Å². The maximum absolute atomic E-state index is 12.4. The van der Waals surface area contributed by atoms with Gasteiger partial charge in [-0.3, -0.25) is 4.79 Å². The number of carbonyl (C=O) groups excluding carboxylic acids is 1. The molecule has 2 aromatic carbocycles. The predicted octanol–water partition coefficient (Wildman–Crippen LogP) is 4.61. The molecule has 2 aromatic rings. The van der Waals surface area contributed by atoms with Crippen molar-refractivity contribution in [3.8, 4) is 17.2 Å². The van der Waals surface area contributed by atoms with Crippen LogP contribution in [0.4, 0.5) is 14.5 Å². The summed E-state index contributed by atoms with van der Waals surface area (Å²) in [6, 6.07) is 9.14. The van der Waals surface area contributed by atoms with Crippen molar-refractivity contribution in [1.82, 2.24) is 0 Å². The van der Waals surface area contributed by atoms with E-state index in [1.807, 2.05) is 0 Å². The van der Waals surface area contributed by atoms with E-state index in [9.17, 15) is 13.6 Å². The van der Waals surface area contributed by atoms with Gasteiger partial charge in [-0.25, -0.2) is 0 Å². The lowest BCUT2D eigenvalue weighted by atomic mass is 10.2. The Morgan fingerprint density at radius 1 is 1.12 bits per heavy atom. The number of hydrogen-bond donors (Lipinski definition) is 1. The number of alkyl halides is 2. The Bertz CT molecular complexity index is 812. The first kappa shape index (κ1) is 19.5. The highest BCUT2D eigenvalue weighted by Gasteiger charge is 2.12. The lowest BCUT2D eigenvalue weighted by Gasteiger charge is -2.12. The lowest BCUT2D eigenvalue weighted by molar-refractivity contribution is -0.111. The van der Waals surface area contributed by atoms with Crippen molar-refractivity contribution in [2.45, 2.75) is 6.61 Å². The number of benzene rings is 2. The van der Waals surface area contributed by atoms with Gasteiger partial charge in [-0.1, -0.05) is 29.8 Å². The molecule has 1 N–H and O–H groups in total. The number of methoxy groups -OCH3 is 2. The van der Waals surface area contributed by atoms with Crippen LogP contribution in [0.2, 0.25) is 5.02 Å². The molecule has 0 saturated heterocycles. The molecule has 0 radical (unpaired) electrons. The van der Waals surface area contributed by atoms with Crippen LogP contribution in [0.15, 0.2) is 42.5 Å². The fraction of sp³-hybridized carbons (Fsp3) is 0.167. The number of hydrogen-bond acceptors (Lipinski definition) is 4. The van der Waals surface area contributed by atoms with Crippen LogP contribution in [0.1, 0.15) is 5.56 Å². The average molecular weight is 384 g/mol. The molecule has 26 heavy (non-hydrogen) atoms. The van der Waals surface area contributed by atoms with Crippen LogP contribution in [0, 0.1) is 0 Å². The summed E-state index contributed by atoms with van der Waals surface area (Å²) in [7, 11) is 2.92. The van der Waals surface area contributed by atoms with E-state index in [4.69, 9.17) is 21.1 Å². The summed E-state index contributed by atoms with van der Waals surface area (Å²) in [4.78, 5) is 12.1. The summed E-state index contributed by atoms with van der Waals surface area (Å²) in [5, 5.41) is 2.84. The maximum Gasteiger partial charge on any atom is 0.387 e. The van der Waals surface area contributed by atoms with E-state index in [1.165, 1.54) is 44.6 Å². The smallest absolute Gasteiger partial charge is 0.387 e. The van der Waals surface area contributed by atoms with Crippen LogP contribution in [0.25, 0.3) is 6.08 Å². The molecule has 0 atom stereocenters. The second-order valence-electron chi connectivity index (χ2n) is 4.93. The van der Waals surface area contributed by atoms with Gasteiger partial charge in [0, 0.05) is 23.8 Å². The second-order valence-corrected chi connectivity index (χ2v) is 5.33. The third-order valence-electron chi connectivity index (χ3n) is 3.28. The summed E-state index contributed by atoms with van der Waals surface area (Å²) in [6.07, 6.45) is 2.54. The lowest BCUT2D eigenvalue weighted by Crippen LogP contribution is -2.09. The fourth-order valence-electron chi connectivity index (χ4n) is 2.11. The summed E-state index contributed by atoms with van der Waals surface area (Å²) in [5.41, 5.74) is 0.650. The third kappa shape index (κ3) is 5.10. The van der Waals surface area contributed by atoms with E-state index in [0.717, 1.165) is 0 Å². The van der Waals surface area contributed by atoms with E-state index in [2.05, 4.69) is 10.1 Å². The number of para-hydroxylation sites is 1. The molecule has 0 aliphatic carbocycles. The molecular formula is C18H16ClF2NO4. The number of halogens is 3. The molecule has 0 unspecified atom stereocenters. The fourth-order valence-corrected chi connectivity index (χ4v) is 2.31. The van der Waals surface area contributed by atoms with E-state index >= 15 is 0 Å². The molecule has 8 heteroatoms. The molecule has 0 saturated carbocycles. The minimum Gasteiger partial charge on any atom is -0.493 e. The molecule has 0 aromatic heterocycles.